The molecule has 7 heteroatoms. The lowest BCUT2D eigenvalue weighted by Gasteiger charge is -2.19. The summed E-state index contributed by atoms with van der Waals surface area (Å²) in [6.45, 7) is 0.592. The summed E-state index contributed by atoms with van der Waals surface area (Å²) in [6, 6.07) is 6.85. The number of nitrogens with one attached hydrogen (secondary N) is 2. The summed E-state index contributed by atoms with van der Waals surface area (Å²) in [7, 11) is 0. The van der Waals surface area contributed by atoms with Crippen molar-refractivity contribution < 1.29 is 19.0 Å². The van der Waals surface area contributed by atoms with Crippen LogP contribution in [0.2, 0.25) is 0 Å². The second kappa shape index (κ2) is 4.55. The van der Waals surface area contributed by atoms with E-state index in [-0.39, 0.29) is 12.8 Å². The zero-order valence-electron chi connectivity index (χ0n) is 10.9. The van der Waals surface area contributed by atoms with Crippen LogP contribution in [-0.2, 0) is 6.54 Å². The summed E-state index contributed by atoms with van der Waals surface area (Å²) in [6.07, 6.45) is 1.59. The van der Waals surface area contributed by atoms with E-state index >= 15 is 0 Å². The van der Waals surface area contributed by atoms with Crippen molar-refractivity contribution in [2.24, 2.45) is 0 Å². The molecule has 21 heavy (non-hydrogen) atoms. The van der Waals surface area contributed by atoms with Crippen LogP contribution in [0, 0.1) is 0 Å². The van der Waals surface area contributed by atoms with Crippen molar-refractivity contribution in [1.29, 1.82) is 0 Å². The third-order valence-corrected chi connectivity index (χ3v) is 3.24. The van der Waals surface area contributed by atoms with E-state index in [0.717, 1.165) is 5.56 Å². The quantitative estimate of drug-likeness (QED) is 0.884. The molecule has 0 bridgehead atoms. The fraction of sp³-hybridized carbons (Fsp3) is 0.143. The molecule has 2 amide bonds. The molecule has 2 aromatic rings. The Morgan fingerprint density at radius 3 is 3.05 bits per heavy atom. The number of anilines is 1. The summed E-state index contributed by atoms with van der Waals surface area (Å²) in [5.74, 6) is 3.13. The Hall–Kier alpha value is -2.96. The number of rotatable bonds is 2. The highest BCUT2D eigenvalue weighted by molar-refractivity contribution is 5.91. The van der Waals surface area contributed by atoms with Crippen molar-refractivity contribution in [3.05, 3.63) is 36.0 Å². The van der Waals surface area contributed by atoms with E-state index in [2.05, 4.69) is 15.6 Å². The van der Waals surface area contributed by atoms with E-state index in [1.54, 1.807) is 30.5 Å². The highest BCUT2D eigenvalue weighted by atomic mass is 16.7. The number of nitrogens with zero attached hydrogens (tertiary/aromatic N) is 1. The SMILES string of the molecule is O=C1NCc2c(Oc3ccc4c(c3)OCO4)ccnc2N1. The molecular weight excluding hydrogens is 274 g/mol. The number of carbonyl (C=O) groups is 1. The largest absolute Gasteiger partial charge is 0.457 e. The number of aromatic nitrogens is 1. The van der Waals surface area contributed by atoms with Gasteiger partial charge in [0.15, 0.2) is 11.5 Å². The first-order chi connectivity index (χ1) is 10.3. The predicted octanol–water partition coefficient (Wildman–Crippen LogP) is 2.24. The topological polar surface area (TPSA) is 81.7 Å². The predicted molar refractivity (Wildman–Crippen MR) is 72.7 cm³/mol. The molecule has 2 aliphatic heterocycles. The van der Waals surface area contributed by atoms with E-state index in [0.29, 0.717) is 35.4 Å². The average molecular weight is 285 g/mol. The average Bonchev–Trinajstić information content (AvgIpc) is 2.95. The minimum atomic E-state index is -0.268. The van der Waals surface area contributed by atoms with Gasteiger partial charge < -0.3 is 19.5 Å². The van der Waals surface area contributed by atoms with Crippen LogP contribution < -0.4 is 24.8 Å². The van der Waals surface area contributed by atoms with Crippen molar-refractivity contribution in [1.82, 2.24) is 10.3 Å². The van der Waals surface area contributed by atoms with Crippen molar-refractivity contribution in [3.63, 3.8) is 0 Å². The normalized spacial score (nSPS) is 15.0. The van der Waals surface area contributed by atoms with Crippen molar-refractivity contribution in [2.75, 3.05) is 12.1 Å². The van der Waals surface area contributed by atoms with E-state index in [1.807, 2.05) is 0 Å². The summed E-state index contributed by atoms with van der Waals surface area (Å²) in [4.78, 5) is 15.4. The maximum Gasteiger partial charge on any atom is 0.320 e. The molecule has 0 atom stereocenters. The maximum absolute atomic E-state index is 11.3. The molecule has 7 nitrogen and oxygen atoms in total. The number of pyridine rings is 1. The van der Waals surface area contributed by atoms with Crippen LogP contribution >= 0.6 is 0 Å². The fourth-order valence-corrected chi connectivity index (χ4v) is 2.24. The first kappa shape index (κ1) is 11.8. The van der Waals surface area contributed by atoms with E-state index < -0.39 is 0 Å². The molecule has 0 saturated carbocycles. The number of carbonyl (C=O) groups excluding carboxylic acids is 1. The van der Waals surface area contributed by atoms with Gasteiger partial charge in [0.2, 0.25) is 6.79 Å². The lowest BCUT2D eigenvalue weighted by Crippen LogP contribution is -2.34. The van der Waals surface area contributed by atoms with Crippen LogP contribution in [-0.4, -0.2) is 17.8 Å². The van der Waals surface area contributed by atoms with Gasteiger partial charge in [-0.15, -0.1) is 0 Å². The van der Waals surface area contributed by atoms with Crippen LogP contribution in [0.5, 0.6) is 23.0 Å². The van der Waals surface area contributed by atoms with Gasteiger partial charge in [-0.05, 0) is 18.2 Å². The molecule has 1 aromatic heterocycles. The van der Waals surface area contributed by atoms with E-state index in [4.69, 9.17) is 14.2 Å². The molecule has 106 valence electrons. The Labute approximate surface area is 119 Å². The van der Waals surface area contributed by atoms with Crippen molar-refractivity contribution >= 4 is 11.8 Å². The molecule has 0 fully saturated rings. The third kappa shape index (κ3) is 2.08. The summed E-state index contributed by atoms with van der Waals surface area (Å²) < 4.78 is 16.5. The number of fused-ring (bicyclic) bond motifs is 2. The smallest absolute Gasteiger partial charge is 0.320 e. The minimum Gasteiger partial charge on any atom is -0.457 e. The molecule has 2 N–H and O–H groups in total. The molecule has 1 aromatic carbocycles. The van der Waals surface area contributed by atoms with Gasteiger partial charge in [0.25, 0.3) is 0 Å². The Kier molecular flexibility index (Phi) is 2.56. The Bertz CT molecular complexity index is 732. The lowest BCUT2D eigenvalue weighted by molar-refractivity contribution is 0.174. The van der Waals surface area contributed by atoms with Crippen molar-refractivity contribution in [3.8, 4) is 23.0 Å². The van der Waals surface area contributed by atoms with Gasteiger partial charge in [-0.25, -0.2) is 9.78 Å². The van der Waals surface area contributed by atoms with Gasteiger partial charge >= 0.3 is 6.03 Å². The van der Waals surface area contributed by atoms with Crippen LogP contribution in [0.15, 0.2) is 30.5 Å². The maximum atomic E-state index is 11.3. The monoisotopic (exact) mass is 285 g/mol. The molecular formula is C14H11N3O4. The highest BCUT2D eigenvalue weighted by Crippen LogP contribution is 2.38. The standard InChI is InChI=1S/C14H11N3O4/c18-14-16-6-9-10(3-4-15-13(9)17-14)21-8-1-2-11-12(5-8)20-7-19-11/h1-5H,6-7H2,(H2,15,16,17,18). The Balaban J connectivity index is 1.66. The third-order valence-electron chi connectivity index (χ3n) is 3.24. The van der Waals surface area contributed by atoms with Crippen molar-refractivity contribution in [2.45, 2.75) is 6.54 Å². The molecule has 0 unspecified atom stereocenters. The minimum absolute atomic E-state index is 0.222. The Morgan fingerprint density at radius 1 is 1.19 bits per heavy atom. The molecule has 0 spiro atoms. The van der Waals surface area contributed by atoms with Crippen LogP contribution in [0.3, 0.4) is 0 Å². The van der Waals surface area contributed by atoms with Gasteiger partial charge in [-0.3, -0.25) is 5.32 Å². The number of hydrogen-bond donors (Lipinski definition) is 2. The van der Waals surface area contributed by atoms with Gasteiger partial charge in [0, 0.05) is 12.3 Å². The molecule has 0 aliphatic carbocycles. The molecule has 2 aliphatic rings. The number of urea groups is 1. The lowest BCUT2D eigenvalue weighted by atomic mass is 10.2. The first-order valence-corrected chi connectivity index (χ1v) is 6.40. The van der Waals surface area contributed by atoms with E-state index in [9.17, 15) is 4.79 Å². The van der Waals surface area contributed by atoms with Crippen LogP contribution in [0.25, 0.3) is 0 Å². The zero-order chi connectivity index (χ0) is 14.2. The number of benzene rings is 1. The highest BCUT2D eigenvalue weighted by Gasteiger charge is 2.20. The second-order valence-corrected chi connectivity index (χ2v) is 4.56. The summed E-state index contributed by atoms with van der Waals surface area (Å²) in [5, 5.41) is 5.33. The Morgan fingerprint density at radius 2 is 2.10 bits per heavy atom. The second-order valence-electron chi connectivity index (χ2n) is 4.56. The fourth-order valence-electron chi connectivity index (χ4n) is 2.24. The number of hydrogen-bond acceptors (Lipinski definition) is 5. The molecule has 0 saturated heterocycles. The van der Waals surface area contributed by atoms with E-state index in [1.165, 1.54) is 0 Å². The number of ether oxygens (including phenoxy) is 3. The molecule has 4 rings (SSSR count). The summed E-state index contributed by atoms with van der Waals surface area (Å²) >= 11 is 0. The van der Waals surface area contributed by atoms with Crippen LogP contribution in [0.1, 0.15) is 5.56 Å². The zero-order valence-corrected chi connectivity index (χ0v) is 10.9. The van der Waals surface area contributed by atoms with Gasteiger partial charge in [0.05, 0.1) is 12.1 Å². The van der Waals surface area contributed by atoms with Gasteiger partial charge in [0.1, 0.15) is 17.3 Å². The van der Waals surface area contributed by atoms with Gasteiger partial charge in [-0.2, -0.15) is 0 Å². The molecule has 3 heterocycles. The first-order valence-electron chi connectivity index (χ1n) is 6.40. The number of amides is 2. The molecule has 0 radical (unpaired) electrons. The van der Waals surface area contributed by atoms with Gasteiger partial charge in [-0.1, -0.05) is 0 Å². The van der Waals surface area contributed by atoms with Crippen LogP contribution in [0.4, 0.5) is 10.6 Å². The summed E-state index contributed by atoms with van der Waals surface area (Å²) in [5.41, 5.74) is 0.801.